The van der Waals surface area contributed by atoms with Crippen LogP contribution in [0, 0.1) is 5.41 Å². The highest BCUT2D eigenvalue weighted by molar-refractivity contribution is 6.16. The number of benzene rings is 8. The van der Waals surface area contributed by atoms with E-state index < -0.39 is 0 Å². The molecule has 266 valence electrons. The molecule has 0 saturated carbocycles. The highest BCUT2D eigenvalue weighted by atomic mass is 15.6. The van der Waals surface area contributed by atoms with Crippen LogP contribution < -0.4 is 16.5 Å². The summed E-state index contributed by atoms with van der Waals surface area (Å²) in [6.07, 6.45) is 0. The van der Waals surface area contributed by atoms with Gasteiger partial charge in [0.25, 0.3) is 0 Å². The second-order valence-corrected chi connectivity index (χ2v) is 13.2. The van der Waals surface area contributed by atoms with Crippen LogP contribution in [0.3, 0.4) is 0 Å². The number of nitrogens with one attached hydrogen (secondary N) is 1. The fourth-order valence-electron chi connectivity index (χ4n) is 7.37. The molecule has 0 bridgehead atoms. The average molecular weight is 712 g/mol. The van der Waals surface area contributed by atoms with Gasteiger partial charge in [-0.2, -0.15) is 0 Å². The van der Waals surface area contributed by atoms with Crippen molar-refractivity contribution in [3.8, 4) is 44.5 Å². The molecule has 5 heteroatoms. The standard InChI is InChI=1S/C49H36N4.CH5N/c50-49(51)39-23-28-43(29-24-39)52(42-26-21-37(22-27-42)34-13-5-1-6-14-34)53-47-30-25-40(35-15-7-2-8-16-35)31-45(47)46-33-41(36-17-9-3-10-18-36)32-44(48(46)53)38-19-11-4-12-20-38;1-2/h1-33H,(H3,50,51);2H2,1H3. The van der Waals surface area contributed by atoms with E-state index in [1.165, 1.54) is 23.7 Å². The van der Waals surface area contributed by atoms with Gasteiger partial charge in [0.15, 0.2) is 0 Å². The maximum Gasteiger partial charge on any atom is 0.122 e. The Kier molecular flexibility index (Phi) is 9.77. The van der Waals surface area contributed by atoms with Crippen molar-refractivity contribution in [3.05, 3.63) is 206 Å². The molecule has 0 aliphatic carbocycles. The molecule has 9 aromatic rings. The Balaban J connectivity index is 0.00000210. The van der Waals surface area contributed by atoms with Crippen LogP contribution in [0.2, 0.25) is 0 Å². The fraction of sp³-hybridized carbons (Fsp3) is 0.0200. The van der Waals surface area contributed by atoms with Crippen LogP contribution in [0.4, 0.5) is 11.4 Å². The van der Waals surface area contributed by atoms with Gasteiger partial charge < -0.3 is 11.5 Å². The number of nitrogens with two attached hydrogens (primary N) is 2. The topological polar surface area (TPSA) is 84.1 Å². The maximum atomic E-state index is 8.10. The van der Waals surface area contributed by atoms with E-state index in [4.69, 9.17) is 11.1 Å². The lowest BCUT2D eigenvalue weighted by molar-refractivity contribution is 0.887. The van der Waals surface area contributed by atoms with E-state index in [1.54, 1.807) is 0 Å². The summed E-state index contributed by atoms with van der Waals surface area (Å²) in [5.74, 6) is 0.0421. The molecule has 5 N–H and O–H groups in total. The first-order valence-electron chi connectivity index (χ1n) is 18.4. The number of fused-ring (bicyclic) bond motifs is 3. The minimum Gasteiger partial charge on any atom is -0.384 e. The lowest BCUT2D eigenvalue weighted by atomic mass is 9.95. The van der Waals surface area contributed by atoms with E-state index in [2.05, 4.69) is 197 Å². The van der Waals surface area contributed by atoms with E-state index >= 15 is 0 Å². The molecule has 55 heavy (non-hydrogen) atoms. The van der Waals surface area contributed by atoms with Crippen LogP contribution in [0.5, 0.6) is 0 Å². The zero-order chi connectivity index (χ0) is 37.7. The Morgan fingerprint density at radius 1 is 0.436 bits per heavy atom. The molecular weight excluding hydrogens is 671 g/mol. The van der Waals surface area contributed by atoms with Gasteiger partial charge in [0, 0.05) is 21.9 Å². The largest absolute Gasteiger partial charge is 0.384 e. The highest BCUT2D eigenvalue weighted by Gasteiger charge is 2.24. The van der Waals surface area contributed by atoms with Crippen LogP contribution >= 0.6 is 0 Å². The summed E-state index contributed by atoms with van der Waals surface area (Å²) < 4.78 is 2.37. The smallest absolute Gasteiger partial charge is 0.122 e. The third-order valence-electron chi connectivity index (χ3n) is 9.98. The predicted molar refractivity (Wildman–Crippen MR) is 233 cm³/mol. The predicted octanol–water partition coefficient (Wildman–Crippen LogP) is 11.9. The van der Waals surface area contributed by atoms with Crippen molar-refractivity contribution in [3.63, 3.8) is 0 Å². The van der Waals surface area contributed by atoms with Gasteiger partial charge in [0.2, 0.25) is 0 Å². The molecule has 0 aliphatic heterocycles. The SMILES string of the molecule is CN.N=C(N)c1ccc(N(c2ccc(-c3ccccc3)cc2)n2c3ccc(-c4ccccc4)cc3c3cc(-c4ccccc4)cc(-c4ccccc4)c32)cc1. The van der Waals surface area contributed by atoms with E-state index in [1.807, 2.05) is 18.2 Å². The summed E-state index contributed by atoms with van der Waals surface area (Å²) >= 11 is 0. The number of aromatic nitrogens is 1. The van der Waals surface area contributed by atoms with E-state index in [-0.39, 0.29) is 5.84 Å². The molecular formula is C50H41N5. The summed E-state index contributed by atoms with van der Waals surface area (Å²) in [6, 6.07) is 70.6. The van der Waals surface area contributed by atoms with Crippen molar-refractivity contribution < 1.29 is 0 Å². The lowest BCUT2D eigenvalue weighted by Crippen LogP contribution is -2.24. The van der Waals surface area contributed by atoms with Crippen molar-refractivity contribution in [1.29, 1.82) is 5.41 Å². The van der Waals surface area contributed by atoms with Gasteiger partial charge in [0.05, 0.1) is 22.4 Å². The monoisotopic (exact) mass is 711 g/mol. The van der Waals surface area contributed by atoms with Gasteiger partial charge in [-0.05, 0) is 107 Å². The van der Waals surface area contributed by atoms with E-state index in [0.29, 0.717) is 5.56 Å². The molecule has 0 spiro atoms. The third kappa shape index (κ3) is 6.77. The molecule has 1 aromatic heterocycles. The quantitative estimate of drug-likeness (QED) is 0.108. The number of rotatable bonds is 8. The van der Waals surface area contributed by atoms with Gasteiger partial charge in [-0.1, -0.05) is 140 Å². The zero-order valence-corrected chi connectivity index (χ0v) is 30.6. The van der Waals surface area contributed by atoms with Crippen LogP contribution in [0.15, 0.2) is 200 Å². The summed E-state index contributed by atoms with van der Waals surface area (Å²) in [7, 11) is 1.50. The number of amidine groups is 1. The Morgan fingerprint density at radius 2 is 0.855 bits per heavy atom. The van der Waals surface area contributed by atoms with Crippen molar-refractivity contribution >= 4 is 39.0 Å². The van der Waals surface area contributed by atoms with Crippen molar-refractivity contribution in [1.82, 2.24) is 4.68 Å². The molecule has 0 saturated heterocycles. The summed E-state index contributed by atoms with van der Waals surface area (Å²) in [5.41, 5.74) is 24.5. The number of nitrogen functional groups attached to an aromatic ring is 1. The Morgan fingerprint density at radius 3 is 1.38 bits per heavy atom. The lowest BCUT2D eigenvalue weighted by Gasteiger charge is -2.29. The van der Waals surface area contributed by atoms with Crippen molar-refractivity contribution in [2.45, 2.75) is 0 Å². The number of nitrogens with zero attached hydrogens (tertiary/aromatic N) is 2. The Bertz CT molecular complexity index is 2700. The van der Waals surface area contributed by atoms with Crippen molar-refractivity contribution in [2.75, 3.05) is 12.1 Å². The minimum atomic E-state index is 0.0421. The number of hydrogen-bond acceptors (Lipinski definition) is 3. The highest BCUT2D eigenvalue weighted by Crippen LogP contribution is 2.43. The molecule has 0 atom stereocenters. The molecule has 9 rings (SSSR count). The van der Waals surface area contributed by atoms with Gasteiger partial charge >= 0.3 is 0 Å². The molecule has 0 unspecified atom stereocenters. The molecule has 0 aliphatic rings. The molecule has 0 amide bonds. The summed E-state index contributed by atoms with van der Waals surface area (Å²) in [5, 5.41) is 12.7. The van der Waals surface area contributed by atoms with E-state index in [9.17, 15) is 0 Å². The van der Waals surface area contributed by atoms with Gasteiger partial charge in [-0.25, -0.2) is 9.69 Å². The first kappa shape index (κ1) is 34.9. The van der Waals surface area contributed by atoms with Gasteiger partial charge in [-0.3, -0.25) is 5.41 Å². The Labute approximate surface area is 321 Å². The molecule has 1 heterocycles. The van der Waals surface area contributed by atoms with Gasteiger partial charge in [0.1, 0.15) is 5.84 Å². The van der Waals surface area contributed by atoms with Crippen LogP contribution in [-0.2, 0) is 0 Å². The zero-order valence-electron chi connectivity index (χ0n) is 30.6. The Hall–Kier alpha value is -7.21. The van der Waals surface area contributed by atoms with Crippen LogP contribution in [0.1, 0.15) is 5.56 Å². The normalized spacial score (nSPS) is 10.9. The first-order valence-corrected chi connectivity index (χ1v) is 18.4. The maximum absolute atomic E-state index is 8.10. The van der Waals surface area contributed by atoms with Crippen LogP contribution in [-0.4, -0.2) is 17.6 Å². The summed E-state index contributed by atoms with van der Waals surface area (Å²) in [6.45, 7) is 0. The summed E-state index contributed by atoms with van der Waals surface area (Å²) in [4.78, 5) is 0. The average Bonchev–Trinajstić information content (AvgIpc) is 3.59. The third-order valence-corrected chi connectivity index (χ3v) is 9.98. The number of anilines is 2. The van der Waals surface area contributed by atoms with Crippen LogP contribution in [0.25, 0.3) is 66.3 Å². The fourth-order valence-corrected chi connectivity index (χ4v) is 7.37. The first-order chi connectivity index (χ1) is 27.1. The molecule has 0 fully saturated rings. The molecule has 5 nitrogen and oxygen atoms in total. The second-order valence-electron chi connectivity index (χ2n) is 13.2. The molecule has 8 aromatic carbocycles. The molecule has 0 radical (unpaired) electrons. The van der Waals surface area contributed by atoms with E-state index in [0.717, 1.165) is 61.0 Å². The minimum absolute atomic E-state index is 0.0421. The van der Waals surface area contributed by atoms with Crippen molar-refractivity contribution in [2.24, 2.45) is 11.5 Å². The number of hydrogen-bond donors (Lipinski definition) is 3. The second kappa shape index (κ2) is 15.4. The van der Waals surface area contributed by atoms with Gasteiger partial charge in [-0.15, -0.1) is 0 Å².